The molecule has 1 aromatic rings. The van der Waals surface area contributed by atoms with Crippen LogP contribution < -0.4 is 4.74 Å². The lowest BCUT2D eigenvalue weighted by atomic mass is 9.89. The summed E-state index contributed by atoms with van der Waals surface area (Å²) in [5.74, 6) is 0.878. The molecule has 1 aliphatic carbocycles. The third kappa shape index (κ3) is 2.01. The van der Waals surface area contributed by atoms with E-state index in [1.165, 1.54) is 0 Å². The van der Waals surface area contributed by atoms with E-state index in [2.05, 4.69) is 0 Å². The largest absolute Gasteiger partial charge is 0.496 e. The minimum Gasteiger partial charge on any atom is -0.496 e. The molecule has 0 aromatic heterocycles. The van der Waals surface area contributed by atoms with Gasteiger partial charge in [0, 0.05) is 24.3 Å². The van der Waals surface area contributed by atoms with Crippen molar-refractivity contribution in [2.24, 2.45) is 5.92 Å². The number of epoxide rings is 1. The molecular formula is C17H20O4. The van der Waals surface area contributed by atoms with Gasteiger partial charge in [-0.3, -0.25) is 4.79 Å². The zero-order valence-corrected chi connectivity index (χ0v) is 12.9. The number of aryl methyl sites for hydroxylation is 2. The summed E-state index contributed by atoms with van der Waals surface area (Å²) in [6.07, 6.45) is 0.649. The van der Waals surface area contributed by atoms with Gasteiger partial charge in [-0.2, -0.15) is 0 Å². The molecular weight excluding hydrogens is 268 g/mol. The molecule has 1 aliphatic heterocycles. The highest BCUT2D eigenvalue weighted by atomic mass is 16.6. The Balaban J connectivity index is 2.03. The Morgan fingerprint density at radius 1 is 1.43 bits per heavy atom. The summed E-state index contributed by atoms with van der Waals surface area (Å²) in [6, 6.07) is 3.97. The Kier molecular flexibility index (Phi) is 3.17. The fraction of sp³-hybridized carbons (Fsp3) is 0.529. The number of benzene rings is 1. The fourth-order valence-corrected chi connectivity index (χ4v) is 3.77. The number of hydrogen-bond donors (Lipinski definition) is 0. The van der Waals surface area contributed by atoms with E-state index in [0.29, 0.717) is 18.6 Å². The number of methoxy groups -OCH3 is 1. The first-order chi connectivity index (χ1) is 9.90. The van der Waals surface area contributed by atoms with Gasteiger partial charge in [-0.1, -0.05) is 6.07 Å². The highest BCUT2D eigenvalue weighted by Crippen LogP contribution is 2.61. The van der Waals surface area contributed by atoms with Crippen molar-refractivity contribution in [2.75, 3.05) is 7.11 Å². The molecule has 1 heterocycles. The van der Waals surface area contributed by atoms with Crippen LogP contribution in [-0.2, 0) is 19.9 Å². The molecule has 3 rings (SSSR count). The molecule has 0 bridgehead atoms. The first kappa shape index (κ1) is 14.3. The van der Waals surface area contributed by atoms with E-state index in [0.717, 1.165) is 16.7 Å². The van der Waals surface area contributed by atoms with Crippen LogP contribution in [0.5, 0.6) is 5.75 Å². The van der Waals surface area contributed by atoms with Crippen molar-refractivity contribution in [1.82, 2.24) is 0 Å². The lowest BCUT2D eigenvalue weighted by molar-refractivity contribution is -0.125. The molecule has 0 radical (unpaired) electrons. The standard InChI is InChI=1S/C17H20O4/c1-9-5-10(2)15(13(6-9)20-4)17-14(19)8-12(7-11(3)18)16(17)21-17/h5-6,12,16H,7-8H2,1-4H3. The van der Waals surface area contributed by atoms with Gasteiger partial charge >= 0.3 is 0 Å². The summed E-state index contributed by atoms with van der Waals surface area (Å²) in [5, 5.41) is 0. The quantitative estimate of drug-likeness (QED) is 0.799. The van der Waals surface area contributed by atoms with E-state index in [1.54, 1.807) is 14.0 Å². The Hall–Kier alpha value is -1.68. The second kappa shape index (κ2) is 4.67. The van der Waals surface area contributed by atoms with Gasteiger partial charge in [-0.25, -0.2) is 0 Å². The molecule has 112 valence electrons. The summed E-state index contributed by atoms with van der Waals surface area (Å²) in [7, 11) is 1.61. The Morgan fingerprint density at radius 3 is 2.71 bits per heavy atom. The first-order valence-corrected chi connectivity index (χ1v) is 7.26. The molecule has 0 amide bonds. The number of carbonyl (C=O) groups excluding carboxylic acids is 2. The van der Waals surface area contributed by atoms with Crippen LogP contribution in [-0.4, -0.2) is 24.8 Å². The number of hydrogen-bond acceptors (Lipinski definition) is 4. The third-order valence-electron chi connectivity index (χ3n) is 4.53. The van der Waals surface area contributed by atoms with Gasteiger partial charge in [0.25, 0.3) is 0 Å². The van der Waals surface area contributed by atoms with E-state index in [4.69, 9.17) is 9.47 Å². The van der Waals surface area contributed by atoms with Crippen LogP contribution in [0.3, 0.4) is 0 Å². The summed E-state index contributed by atoms with van der Waals surface area (Å²) in [4.78, 5) is 23.9. The van der Waals surface area contributed by atoms with Crippen molar-refractivity contribution >= 4 is 11.6 Å². The summed E-state index contributed by atoms with van der Waals surface area (Å²) >= 11 is 0. The molecule has 2 aliphatic rings. The number of ketones is 2. The van der Waals surface area contributed by atoms with Crippen molar-refractivity contribution in [2.45, 2.75) is 45.3 Å². The SMILES string of the molecule is COc1cc(C)cc(C)c1C12OC1C(CC(C)=O)CC2=O. The summed E-state index contributed by atoms with van der Waals surface area (Å²) in [6.45, 7) is 5.53. The third-order valence-corrected chi connectivity index (χ3v) is 4.53. The maximum Gasteiger partial charge on any atom is 0.182 e. The lowest BCUT2D eigenvalue weighted by Crippen LogP contribution is -2.21. The second-order valence-corrected chi connectivity index (χ2v) is 6.23. The van der Waals surface area contributed by atoms with Crippen LogP contribution >= 0.6 is 0 Å². The van der Waals surface area contributed by atoms with Crippen molar-refractivity contribution in [3.63, 3.8) is 0 Å². The Labute approximate surface area is 124 Å². The lowest BCUT2D eigenvalue weighted by Gasteiger charge is -2.17. The molecule has 1 saturated heterocycles. The van der Waals surface area contributed by atoms with Gasteiger partial charge in [0.1, 0.15) is 17.6 Å². The maximum atomic E-state index is 12.5. The average molecular weight is 288 g/mol. The molecule has 4 heteroatoms. The predicted molar refractivity (Wildman–Crippen MR) is 77.4 cm³/mol. The molecule has 3 atom stereocenters. The monoisotopic (exact) mass is 288 g/mol. The Morgan fingerprint density at radius 2 is 2.14 bits per heavy atom. The van der Waals surface area contributed by atoms with E-state index in [-0.39, 0.29) is 23.6 Å². The number of carbonyl (C=O) groups is 2. The minimum absolute atomic E-state index is 0.000379. The number of ether oxygens (including phenoxy) is 2. The normalized spacial score (nSPS) is 30.2. The number of Topliss-reactive ketones (excluding diaryl/α,β-unsaturated/α-hetero) is 2. The van der Waals surface area contributed by atoms with Crippen LogP contribution in [0.2, 0.25) is 0 Å². The van der Waals surface area contributed by atoms with E-state index >= 15 is 0 Å². The molecule has 1 aromatic carbocycles. The molecule has 1 saturated carbocycles. The zero-order chi connectivity index (χ0) is 15.4. The highest BCUT2D eigenvalue weighted by molar-refractivity contribution is 5.97. The van der Waals surface area contributed by atoms with Crippen LogP contribution in [0.1, 0.15) is 36.5 Å². The highest BCUT2D eigenvalue weighted by Gasteiger charge is 2.72. The maximum absolute atomic E-state index is 12.5. The van der Waals surface area contributed by atoms with Crippen LogP contribution in [0.15, 0.2) is 12.1 Å². The van der Waals surface area contributed by atoms with E-state index < -0.39 is 5.60 Å². The predicted octanol–water partition coefficient (Wildman–Crippen LogP) is 2.47. The first-order valence-electron chi connectivity index (χ1n) is 7.26. The minimum atomic E-state index is -0.872. The van der Waals surface area contributed by atoms with Gasteiger partial charge < -0.3 is 14.3 Å². The van der Waals surface area contributed by atoms with Crippen molar-refractivity contribution in [3.05, 3.63) is 28.8 Å². The van der Waals surface area contributed by atoms with Gasteiger partial charge in [0.15, 0.2) is 11.4 Å². The van der Waals surface area contributed by atoms with Crippen LogP contribution in [0.4, 0.5) is 0 Å². The van der Waals surface area contributed by atoms with Crippen molar-refractivity contribution < 1.29 is 19.1 Å². The van der Waals surface area contributed by atoms with Crippen LogP contribution in [0, 0.1) is 19.8 Å². The fourth-order valence-electron chi connectivity index (χ4n) is 3.77. The van der Waals surface area contributed by atoms with Gasteiger partial charge in [-0.15, -0.1) is 0 Å². The molecule has 4 nitrogen and oxygen atoms in total. The molecule has 0 N–H and O–H groups in total. The van der Waals surface area contributed by atoms with Gasteiger partial charge in [0.05, 0.1) is 7.11 Å². The molecule has 21 heavy (non-hydrogen) atoms. The molecule has 0 spiro atoms. The number of rotatable bonds is 4. The average Bonchev–Trinajstić information content (AvgIpc) is 3.06. The smallest absolute Gasteiger partial charge is 0.182 e. The number of fused-ring (bicyclic) bond motifs is 1. The second-order valence-electron chi connectivity index (χ2n) is 6.23. The zero-order valence-electron chi connectivity index (χ0n) is 12.9. The topological polar surface area (TPSA) is 55.9 Å². The van der Waals surface area contributed by atoms with Crippen molar-refractivity contribution in [3.8, 4) is 5.75 Å². The van der Waals surface area contributed by atoms with Gasteiger partial charge in [-0.05, 0) is 38.0 Å². The van der Waals surface area contributed by atoms with Crippen LogP contribution in [0.25, 0.3) is 0 Å². The van der Waals surface area contributed by atoms with Crippen molar-refractivity contribution in [1.29, 1.82) is 0 Å². The molecule has 2 fully saturated rings. The van der Waals surface area contributed by atoms with Gasteiger partial charge in [0.2, 0.25) is 0 Å². The molecule has 3 unspecified atom stereocenters. The summed E-state index contributed by atoms with van der Waals surface area (Å²) in [5.41, 5.74) is 2.07. The Bertz CT molecular complexity index is 634. The van der Waals surface area contributed by atoms with E-state index in [9.17, 15) is 9.59 Å². The summed E-state index contributed by atoms with van der Waals surface area (Å²) < 4.78 is 11.3. The van der Waals surface area contributed by atoms with E-state index in [1.807, 2.05) is 26.0 Å².